The van der Waals surface area contributed by atoms with Crippen LogP contribution in [0.2, 0.25) is 0 Å². The Bertz CT molecular complexity index is 350. The second kappa shape index (κ2) is 4.53. The third kappa shape index (κ3) is 2.61. The third-order valence-corrected chi connectivity index (χ3v) is 2.66. The van der Waals surface area contributed by atoms with E-state index in [2.05, 4.69) is 13.8 Å². The van der Waals surface area contributed by atoms with Gasteiger partial charge in [0.05, 0.1) is 19.8 Å². The molecule has 1 fully saturated rings. The standard InChI is InChI=1S/C13H18O3/c1-13(2)8-15-12(16-9-13)11-5-3-4-10(6-11)7-14/h3-6,12,14H,7-9H2,1-2H3. The summed E-state index contributed by atoms with van der Waals surface area (Å²) in [5.74, 6) is 0. The highest BCUT2D eigenvalue weighted by Crippen LogP contribution is 2.31. The molecule has 1 aromatic rings. The number of aliphatic hydroxyl groups is 1. The van der Waals surface area contributed by atoms with E-state index < -0.39 is 0 Å². The van der Waals surface area contributed by atoms with Crippen molar-refractivity contribution in [2.24, 2.45) is 5.41 Å². The van der Waals surface area contributed by atoms with Crippen LogP contribution in [0.3, 0.4) is 0 Å². The van der Waals surface area contributed by atoms with Crippen LogP contribution in [0, 0.1) is 5.41 Å². The Balaban J connectivity index is 2.08. The van der Waals surface area contributed by atoms with Gasteiger partial charge in [0.15, 0.2) is 6.29 Å². The van der Waals surface area contributed by atoms with Crippen molar-refractivity contribution in [2.75, 3.05) is 13.2 Å². The molecule has 0 saturated carbocycles. The van der Waals surface area contributed by atoms with Gasteiger partial charge in [0.25, 0.3) is 0 Å². The highest BCUT2D eigenvalue weighted by atomic mass is 16.7. The molecule has 0 atom stereocenters. The summed E-state index contributed by atoms with van der Waals surface area (Å²) >= 11 is 0. The molecule has 1 aliphatic rings. The Kier molecular flexibility index (Phi) is 3.28. The van der Waals surface area contributed by atoms with E-state index in [9.17, 15) is 0 Å². The largest absolute Gasteiger partial charge is 0.392 e. The Morgan fingerprint density at radius 3 is 2.62 bits per heavy atom. The molecule has 2 rings (SSSR count). The predicted octanol–water partition coefficient (Wildman–Crippen LogP) is 2.25. The normalized spacial score (nSPS) is 20.9. The predicted molar refractivity (Wildman–Crippen MR) is 60.8 cm³/mol. The maximum absolute atomic E-state index is 9.06. The van der Waals surface area contributed by atoms with Gasteiger partial charge in [-0.2, -0.15) is 0 Å². The first-order valence-corrected chi connectivity index (χ1v) is 5.54. The Morgan fingerprint density at radius 1 is 1.31 bits per heavy atom. The van der Waals surface area contributed by atoms with Gasteiger partial charge in [0.1, 0.15) is 0 Å². The first-order chi connectivity index (χ1) is 7.61. The smallest absolute Gasteiger partial charge is 0.183 e. The molecule has 0 spiro atoms. The highest BCUT2D eigenvalue weighted by molar-refractivity contribution is 5.24. The van der Waals surface area contributed by atoms with Crippen LogP contribution in [-0.4, -0.2) is 18.3 Å². The number of benzene rings is 1. The minimum Gasteiger partial charge on any atom is -0.392 e. The van der Waals surface area contributed by atoms with Crippen LogP contribution < -0.4 is 0 Å². The van der Waals surface area contributed by atoms with Gasteiger partial charge in [0, 0.05) is 11.0 Å². The molecule has 0 amide bonds. The van der Waals surface area contributed by atoms with E-state index in [0.29, 0.717) is 13.2 Å². The molecule has 1 aliphatic heterocycles. The van der Waals surface area contributed by atoms with Crippen molar-refractivity contribution >= 4 is 0 Å². The van der Waals surface area contributed by atoms with Crippen LogP contribution >= 0.6 is 0 Å². The van der Waals surface area contributed by atoms with Gasteiger partial charge >= 0.3 is 0 Å². The molecule has 1 heterocycles. The lowest BCUT2D eigenvalue weighted by Crippen LogP contribution is -2.33. The van der Waals surface area contributed by atoms with Crippen LogP contribution in [0.4, 0.5) is 0 Å². The Morgan fingerprint density at radius 2 is 2.00 bits per heavy atom. The second-order valence-corrected chi connectivity index (χ2v) is 5.02. The van der Waals surface area contributed by atoms with E-state index in [4.69, 9.17) is 14.6 Å². The van der Waals surface area contributed by atoms with Gasteiger partial charge in [0.2, 0.25) is 0 Å². The van der Waals surface area contributed by atoms with Crippen LogP contribution in [0.1, 0.15) is 31.3 Å². The van der Waals surface area contributed by atoms with Crippen LogP contribution in [0.15, 0.2) is 24.3 Å². The molecular weight excluding hydrogens is 204 g/mol. The number of hydrogen-bond acceptors (Lipinski definition) is 3. The lowest BCUT2D eigenvalue weighted by atomic mass is 9.95. The van der Waals surface area contributed by atoms with Gasteiger partial charge in [-0.15, -0.1) is 0 Å². The highest BCUT2D eigenvalue weighted by Gasteiger charge is 2.29. The number of hydrogen-bond donors (Lipinski definition) is 1. The fourth-order valence-corrected chi connectivity index (χ4v) is 1.72. The summed E-state index contributed by atoms with van der Waals surface area (Å²) in [6.07, 6.45) is -0.292. The van der Waals surface area contributed by atoms with E-state index in [1.165, 1.54) is 0 Å². The quantitative estimate of drug-likeness (QED) is 0.834. The molecule has 0 radical (unpaired) electrons. The zero-order chi connectivity index (χ0) is 11.6. The lowest BCUT2D eigenvalue weighted by molar-refractivity contribution is -0.226. The van der Waals surface area contributed by atoms with Gasteiger partial charge < -0.3 is 14.6 Å². The molecule has 0 unspecified atom stereocenters. The summed E-state index contributed by atoms with van der Waals surface area (Å²) in [6.45, 7) is 5.68. The second-order valence-electron chi connectivity index (χ2n) is 5.02. The van der Waals surface area contributed by atoms with Crippen molar-refractivity contribution in [1.29, 1.82) is 0 Å². The minimum absolute atomic E-state index is 0.0477. The molecule has 0 bridgehead atoms. The molecule has 1 N–H and O–H groups in total. The molecular formula is C13H18O3. The molecule has 1 aromatic carbocycles. The first kappa shape index (κ1) is 11.6. The van der Waals surface area contributed by atoms with Crippen molar-refractivity contribution in [2.45, 2.75) is 26.7 Å². The van der Waals surface area contributed by atoms with Crippen molar-refractivity contribution < 1.29 is 14.6 Å². The van der Waals surface area contributed by atoms with Crippen LogP contribution in [-0.2, 0) is 16.1 Å². The third-order valence-electron chi connectivity index (χ3n) is 2.66. The average molecular weight is 222 g/mol. The van der Waals surface area contributed by atoms with E-state index in [-0.39, 0.29) is 18.3 Å². The Hall–Kier alpha value is -0.900. The minimum atomic E-state index is -0.292. The molecule has 88 valence electrons. The van der Waals surface area contributed by atoms with Crippen LogP contribution in [0.5, 0.6) is 0 Å². The number of rotatable bonds is 2. The zero-order valence-electron chi connectivity index (χ0n) is 9.77. The number of ether oxygens (including phenoxy) is 2. The summed E-state index contributed by atoms with van der Waals surface area (Å²) in [6, 6.07) is 7.68. The molecule has 0 aromatic heterocycles. The summed E-state index contributed by atoms with van der Waals surface area (Å²) in [5.41, 5.74) is 1.95. The molecule has 3 nitrogen and oxygen atoms in total. The van der Waals surface area contributed by atoms with Gasteiger partial charge in [-0.05, 0) is 11.6 Å². The van der Waals surface area contributed by atoms with E-state index >= 15 is 0 Å². The van der Waals surface area contributed by atoms with Crippen molar-refractivity contribution in [1.82, 2.24) is 0 Å². The van der Waals surface area contributed by atoms with Crippen LogP contribution in [0.25, 0.3) is 0 Å². The maximum Gasteiger partial charge on any atom is 0.183 e. The average Bonchev–Trinajstić information content (AvgIpc) is 2.29. The number of aliphatic hydroxyl groups excluding tert-OH is 1. The van der Waals surface area contributed by atoms with Crippen molar-refractivity contribution in [3.05, 3.63) is 35.4 Å². The first-order valence-electron chi connectivity index (χ1n) is 5.54. The SMILES string of the molecule is CC1(C)COC(c2cccc(CO)c2)OC1. The summed E-state index contributed by atoms with van der Waals surface area (Å²) in [7, 11) is 0. The lowest BCUT2D eigenvalue weighted by Gasteiger charge is -2.34. The fourth-order valence-electron chi connectivity index (χ4n) is 1.72. The van der Waals surface area contributed by atoms with E-state index in [1.807, 2.05) is 24.3 Å². The van der Waals surface area contributed by atoms with Gasteiger partial charge in [-0.1, -0.05) is 32.0 Å². The summed E-state index contributed by atoms with van der Waals surface area (Å²) in [5, 5.41) is 9.06. The maximum atomic E-state index is 9.06. The topological polar surface area (TPSA) is 38.7 Å². The molecule has 0 aliphatic carbocycles. The van der Waals surface area contributed by atoms with Gasteiger partial charge in [-0.3, -0.25) is 0 Å². The van der Waals surface area contributed by atoms with Crippen molar-refractivity contribution in [3.8, 4) is 0 Å². The molecule has 3 heteroatoms. The van der Waals surface area contributed by atoms with Gasteiger partial charge in [-0.25, -0.2) is 0 Å². The summed E-state index contributed by atoms with van der Waals surface area (Å²) in [4.78, 5) is 0. The van der Waals surface area contributed by atoms with E-state index in [0.717, 1.165) is 11.1 Å². The Labute approximate surface area is 96.0 Å². The zero-order valence-corrected chi connectivity index (χ0v) is 9.77. The molecule has 16 heavy (non-hydrogen) atoms. The monoisotopic (exact) mass is 222 g/mol. The van der Waals surface area contributed by atoms with Crippen molar-refractivity contribution in [3.63, 3.8) is 0 Å². The fraction of sp³-hybridized carbons (Fsp3) is 0.538. The molecule has 1 saturated heterocycles. The van der Waals surface area contributed by atoms with E-state index in [1.54, 1.807) is 0 Å². The summed E-state index contributed by atoms with van der Waals surface area (Å²) < 4.78 is 11.3.